The maximum absolute atomic E-state index is 4.37. The quantitative estimate of drug-likeness (QED) is 0.845. The zero-order chi connectivity index (χ0) is 11.4. The van der Waals surface area contributed by atoms with Gasteiger partial charge in [-0.1, -0.05) is 6.92 Å². The fourth-order valence-corrected chi connectivity index (χ4v) is 2.32. The van der Waals surface area contributed by atoms with Crippen LogP contribution in [0.25, 0.3) is 0 Å². The van der Waals surface area contributed by atoms with Crippen molar-refractivity contribution < 1.29 is 0 Å². The number of anilines is 1. The predicted octanol–water partition coefficient (Wildman–Crippen LogP) is 1.71. The van der Waals surface area contributed by atoms with Crippen LogP contribution in [0.2, 0.25) is 0 Å². The standard InChI is InChI=1S/C12H22N4/c1-3-16-8-4-5-11(6-10-16)13-12-7-9-15(2)14-12/h7,9,11H,3-6,8,10H2,1-2H3,(H,13,14). The monoisotopic (exact) mass is 222 g/mol. The minimum absolute atomic E-state index is 0.589. The lowest BCUT2D eigenvalue weighted by atomic mass is 10.1. The second-order valence-corrected chi connectivity index (χ2v) is 4.58. The van der Waals surface area contributed by atoms with Crippen molar-refractivity contribution in [3.63, 3.8) is 0 Å². The van der Waals surface area contributed by atoms with E-state index in [0.29, 0.717) is 6.04 Å². The van der Waals surface area contributed by atoms with Crippen LogP contribution < -0.4 is 5.32 Å². The number of nitrogens with zero attached hydrogens (tertiary/aromatic N) is 3. The zero-order valence-electron chi connectivity index (χ0n) is 10.3. The Hall–Kier alpha value is -1.03. The van der Waals surface area contributed by atoms with Gasteiger partial charge in [-0.15, -0.1) is 0 Å². The van der Waals surface area contributed by atoms with Crippen LogP contribution in [0.15, 0.2) is 12.3 Å². The Morgan fingerprint density at radius 3 is 3.00 bits per heavy atom. The van der Waals surface area contributed by atoms with Gasteiger partial charge in [-0.25, -0.2) is 0 Å². The van der Waals surface area contributed by atoms with Gasteiger partial charge in [0.05, 0.1) is 0 Å². The molecule has 4 nitrogen and oxygen atoms in total. The molecule has 1 aliphatic rings. The van der Waals surface area contributed by atoms with E-state index in [4.69, 9.17) is 0 Å². The number of hydrogen-bond donors (Lipinski definition) is 1. The van der Waals surface area contributed by atoms with Crippen molar-refractivity contribution in [2.45, 2.75) is 32.2 Å². The third kappa shape index (κ3) is 2.98. The summed E-state index contributed by atoms with van der Waals surface area (Å²) in [6.45, 7) is 5.88. The maximum atomic E-state index is 4.37. The van der Waals surface area contributed by atoms with Crippen molar-refractivity contribution >= 4 is 5.82 Å². The van der Waals surface area contributed by atoms with Crippen LogP contribution in [0.4, 0.5) is 5.82 Å². The van der Waals surface area contributed by atoms with Gasteiger partial charge in [-0.3, -0.25) is 4.68 Å². The maximum Gasteiger partial charge on any atom is 0.148 e. The molecule has 0 radical (unpaired) electrons. The number of aromatic nitrogens is 2. The predicted molar refractivity (Wildman–Crippen MR) is 66.6 cm³/mol. The molecule has 16 heavy (non-hydrogen) atoms. The third-order valence-electron chi connectivity index (χ3n) is 3.33. The van der Waals surface area contributed by atoms with Gasteiger partial charge in [0.1, 0.15) is 5.82 Å². The second kappa shape index (κ2) is 5.34. The SMILES string of the molecule is CCN1CCCC(Nc2ccn(C)n2)CC1. The highest BCUT2D eigenvalue weighted by Crippen LogP contribution is 2.15. The number of likely N-dealkylation sites (tertiary alicyclic amines) is 1. The van der Waals surface area contributed by atoms with E-state index in [1.165, 1.54) is 38.9 Å². The Morgan fingerprint density at radius 1 is 1.44 bits per heavy atom. The molecule has 0 amide bonds. The third-order valence-corrected chi connectivity index (χ3v) is 3.33. The lowest BCUT2D eigenvalue weighted by Crippen LogP contribution is -2.26. The van der Waals surface area contributed by atoms with Crippen molar-refractivity contribution in [1.82, 2.24) is 14.7 Å². The van der Waals surface area contributed by atoms with E-state index in [1.54, 1.807) is 0 Å². The normalized spacial score (nSPS) is 23.0. The van der Waals surface area contributed by atoms with E-state index in [9.17, 15) is 0 Å². The number of rotatable bonds is 3. The number of aryl methyl sites for hydroxylation is 1. The molecule has 1 atom stereocenters. The largest absolute Gasteiger partial charge is 0.366 e. The summed E-state index contributed by atoms with van der Waals surface area (Å²) in [7, 11) is 1.96. The average molecular weight is 222 g/mol. The first-order valence-corrected chi connectivity index (χ1v) is 6.26. The molecule has 0 aliphatic carbocycles. The molecule has 1 aromatic heterocycles. The van der Waals surface area contributed by atoms with Gasteiger partial charge in [-0.2, -0.15) is 5.10 Å². The highest BCUT2D eigenvalue weighted by molar-refractivity contribution is 5.33. The van der Waals surface area contributed by atoms with Gasteiger partial charge in [-0.05, 0) is 32.4 Å². The molecule has 90 valence electrons. The topological polar surface area (TPSA) is 33.1 Å². The molecule has 2 heterocycles. The van der Waals surface area contributed by atoms with E-state index in [2.05, 4.69) is 22.2 Å². The fourth-order valence-electron chi connectivity index (χ4n) is 2.32. The first kappa shape index (κ1) is 11.5. The van der Waals surface area contributed by atoms with E-state index in [1.807, 2.05) is 24.0 Å². The fraction of sp³-hybridized carbons (Fsp3) is 0.750. The van der Waals surface area contributed by atoms with E-state index in [-0.39, 0.29) is 0 Å². The zero-order valence-corrected chi connectivity index (χ0v) is 10.3. The van der Waals surface area contributed by atoms with Crippen molar-refractivity contribution in [1.29, 1.82) is 0 Å². The van der Waals surface area contributed by atoms with Crippen LogP contribution in [-0.2, 0) is 7.05 Å². The van der Waals surface area contributed by atoms with Gasteiger partial charge in [0.15, 0.2) is 0 Å². The van der Waals surface area contributed by atoms with Gasteiger partial charge in [0, 0.05) is 31.9 Å². The lowest BCUT2D eigenvalue weighted by Gasteiger charge is -2.18. The molecule has 1 aliphatic heterocycles. The van der Waals surface area contributed by atoms with Gasteiger partial charge in [0.2, 0.25) is 0 Å². The summed E-state index contributed by atoms with van der Waals surface area (Å²) in [6, 6.07) is 2.63. The average Bonchev–Trinajstić information content (AvgIpc) is 2.55. The Morgan fingerprint density at radius 2 is 2.31 bits per heavy atom. The van der Waals surface area contributed by atoms with Crippen LogP contribution in [0, 0.1) is 0 Å². The van der Waals surface area contributed by atoms with Crippen LogP contribution in [-0.4, -0.2) is 40.4 Å². The van der Waals surface area contributed by atoms with Crippen LogP contribution in [0.5, 0.6) is 0 Å². The first-order chi connectivity index (χ1) is 7.78. The minimum Gasteiger partial charge on any atom is -0.366 e. The molecule has 1 N–H and O–H groups in total. The lowest BCUT2D eigenvalue weighted by molar-refractivity contribution is 0.300. The number of hydrogen-bond acceptors (Lipinski definition) is 3. The summed E-state index contributed by atoms with van der Waals surface area (Å²) < 4.78 is 1.84. The molecule has 1 aromatic rings. The highest BCUT2D eigenvalue weighted by atomic mass is 15.3. The molecule has 0 aromatic carbocycles. The van der Waals surface area contributed by atoms with E-state index >= 15 is 0 Å². The molecule has 0 spiro atoms. The molecular weight excluding hydrogens is 200 g/mol. The smallest absolute Gasteiger partial charge is 0.148 e. The summed E-state index contributed by atoms with van der Waals surface area (Å²) in [5, 5.41) is 7.89. The van der Waals surface area contributed by atoms with Crippen molar-refractivity contribution in [2.24, 2.45) is 7.05 Å². The Bertz CT molecular complexity index is 321. The summed E-state index contributed by atoms with van der Waals surface area (Å²) in [6.07, 6.45) is 5.76. The summed E-state index contributed by atoms with van der Waals surface area (Å²) in [5.74, 6) is 1.01. The van der Waals surface area contributed by atoms with Crippen molar-refractivity contribution in [3.8, 4) is 0 Å². The molecule has 1 fully saturated rings. The van der Waals surface area contributed by atoms with Crippen LogP contribution in [0.1, 0.15) is 26.2 Å². The van der Waals surface area contributed by atoms with E-state index in [0.717, 1.165) is 5.82 Å². The molecule has 0 bridgehead atoms. The van der Waals surface area contributed by atoms with Gasteiger partial charge < -0.3 is 10.2 Å². The molecule has 2 rings (SSSR count). The van der Waals surface area contributed by atoms with Crippen molar-refractivity contribution in [3.05, 3.63) is 12.3 Å². The minimum atomic E-state index is 0.589. The molecule has 1 saturated heterocycles. The van der Waals surface area contributed by atoms with Crippen molar-refractivity contribution in [2.75, 3.05) is 25.0 Å². The Balaban J connectivity index is 1.86. The van der Waals surface area contributed by atoms with Gasteiger partial charge in [0.25, 0.3) is 0 Å². The summed E-state index contributed by atoms with van der Waals surface area (Å²) in [5.41, 5.74) is 0. The van der Waals surface area contributed by atoms with Crippen LogP contribution >= 0.6 is 0 Å². The Labute approximate surface area is 97.6 Å². The number of nitrogens with one attached hydrogen (secondary N) is 1. The molecule has 4 heteroatoms. The molecular formula is C12H22N4. The van der Waals surface area contributed by atoms with E-state index < -0.39 is 0 Å². The first-order valence-electron chi connectivity index (χ1n) is 6.26. The molecule has 1 unspecified atom stereocenters. The van der Waals surface area contributed by atoms with Crippen LogP contribution in [0.3, 0.4) is 0 Å². The summed E-state index contributed by atoms with van der Waals surface area (Å²) >= 11 is 0. The second-order valence-electron chi connectivity index (χ2n) is 4.58. The molecule has 0 saturated carbocycles. The summed E-state index contributed by atoms with van der Waals surface area (Å²) in [4.78, 5) is 2.53. The Kier molecular flexibility index (Phi) is 3.83. The highest BCUT2D eigenvalue weighted by Gasteiger charge is 2.16. The van der Waals surface area contributed by atoms with Gasteiger partial charge >= 0.3 is 0 Å².